The number of nitrogens with one attached hydrogen (secondary N) is 1. The number of hydrogen-bond donors (Lipinski definition) is 1. The molecule has 0 unspecified atom stereocenters. The molecule has 0 atom stereocenters. The Bertz CT molecular complexity index is 508. The molecule has 2 rings (SSSR count). The van der Waals surface area contributed by atoms with Gasteiger partial charge in [-0.05, 0) is 36.4 Å². The van der Waals surface area contributed by atoms with E-state index < -0.39 is 6.61 Å². The van der Waals surface area contributed by atoms with E-state index >= 15 is 0 Å². The topological polar surface area (TPSA) is 34.4 Å². The van der Waals surface area contributed by atoms with Crippen LogP contribution in [-0.4, -0.2) is 6.61 Å². The second-order valence-corrected chi connectivity index (χ2v) is 3.98. The number of benzene rings is 1. The Hall–Kier alpha value is -2.04. The Kier molecular flexibility index (Phi) is 4.39. The highest BCUT2D eigenvalue weighted by Crippen LogP contribution is 2.18. The van der Waals surface area contributed by atoms with Gasteiger partial charge in [0.25, 0.3) is 0 Å². The third kappa shape index (κ3) is 3.98. The second-order valence-electron chi connectivity index (χ2n) is 3.98. The first-order valence-corrected chi connectivity index (χ1v) is 6.03. The van der Waals surface area contributed by atoms with Crippen molar-refractivity contribution in [2.75, 3.05) is 5.32 Å². The van der Waals surface area contributed by atoms with Crippen molar-refractivity contribution in [3.8, 4) is 5.75 Å². The van der Waals surface area contributed by atoms with E-state index in [1.54, 1.807) is 12.1 Å². The average molecular weight is 267 g/mol. The van der Waals surface area contributed by atoms with Gasteiger partial charge in [0.15, 0.2) is 0 Å². The van der Waals surface area contributed by atoms with Crippen molar-refractivity contribution in [1.82, 2.24) is 0 Å². The Morgan fingerprint density at radius 3 is 2.37 bits per heavy atom. The maximum atomic E-state index is 12.0. The van der Waals surface area contributed by atoms with Gasteiger partial charge in [-0.25, -0.2) is 0 Å². The summed E-state index contributed by atoms with van der Waals surface area (Å²) in [6.07, 6.45) is 0.861. The zero-order valence-electron chi connectivity index (χ0n) is 10.5. The molecule has 1 heterocycles. The summed E-state index contributed by atoms with van der Waals surface area (Å²) in [6.45, 7) is -0.221. The summed E-state index contributed by atoms with van der Waals surface area (Å²) in [5, 5.41) is 3.14. The summed E-state index contributed by atoms with van der Waals surface area (Å²) >= 11 is 0. The predicted molar refractivity (Wildman–Crippen MR) is 68.5 cm³/mol. The van der Waals surface area contributed by atoms with Crippen LogP contribution in [0.5, 0.6) is 5.75 Å². The van der Waals surface area contributed by atoms with Crippen LogP contribution in [0.3, 0.4) is 0 Å². The zero-order valence-corrected chi connectivity index (χ0v) is 10.5. The molecule has 19 heavy (non-hydrogen) atoms. The van der Waals surface area contributed by atoms with Gasteiger partial charge in [0, 0.05) is 12.1 Å². The largest absolute Gasteiger partial charge is 0.464 e. The van der Waals surface area contributed by atoms with Gasteiger partial charge in [0.2, 0.25) is 0 Å². The van der Waals surface area contributed by atoms with E-state index in [1.807, 2.05) is 19.1 Å². The van der Waals surface area contributed by atoms with E-state index in [9.17, 15) is 8.78 Å². The Balaban J connectivity index is 1.89. The van der Waals surface area contributed by atoms with Crippen molar-refractivity contribution in [2.45, 2.75) is 26.5 Å². The molecule has 0 aliphatic heterocycles. The Labute approximate surface area is 110 Å². The lowest BCUT2D eigenvalue weighted by molar-refractivity contribution is -0.0498. The van der Waals surface area contributed by atoms with E-state index in [1.165, 1.54) is 12.1 Å². The molecule has 1 aromatic carbocycles. The number of anilines is 1. The van der Waals surface area contributed by atoms with Crippen molar-refractivity contribution in [3.05, 3.63) is 47.9 Å². The molecule has 1 aromatic heterocycles. The molecular weight excluding hydrogens is 252 g/mol. The van der Waals surface area contributed by atoms with Crippen LogP contribution in [-0.2, 0) is 13.0 Å². The highest BCUT2D eigenvalue weighted by atomic mass is 19.3. The molecule has 0 radical (unpaired) electrons. The van der Waals surface area contributed by atoms with E-state index in [0.29, 0.717) is 6.54 Å². The van der Waals surface area contributed by atoms with E-state index in [0.717, 1.165) is 23.6 Å². The average Bonchev–Trinajstić information content (AvgIpc) is 2.85. The maximum Gasteiger partial charge on any atom is 0.387 e. The number of alkyl halides is 2. The minimum Gasteiger partial charge on any atom is -0.464 e. The highest BCUT2D eigenvalue weighted by Gasteiger charge is 2.04. The van der Waals surface area contributed by atoms with Crippen LogP contribution in [0.1, 0.15) is 18.4 Å². The summed E-state index contributed by atoms with van der Waals surface area (Å²) in [5.41, 5.74) is 0.816. The molecule has 0 saturated heterocycles. The molecular formula is C14H15F2NO2. The third-order valence-electron chi connectivity index (χ3n) is 2.61. The van der Waals surface area contributed by atoms with Gasteiger partial charge in [-0.2, -0.15) is 8.78 Å². The monoisotopic (exact) mass is 267 g/mol. The van der Waals surface area contributed by atoms with Gasteiger partial charge >= 0.3 is 6.61 Å². The lowest BCUT2D eigenvalue weighted by Crippen LogP contribution is -2.02. The van der Waals surface area contributed by atoms with Crippen molar-refractivity contribution >= 4 is 5.69 Å². The predicted octanol–water partition coefficient (Wildman–Crippen LogP) is 4.06. The normalized spacial score (nSPS) is 10.7. The minimum absolute atomic E-state index is 0.145. The zero-order chi connectivity index (χ0) is 13.7. The van der Waals surface area contributed by atoms with Gasteiger partial charge in [0.05, 0.1) is 6.54 Å². The molecule has 5 heteroatoms. The number of hydrogen-bond acceptors (Lipinski definition) is 3. The summed E-state index contributed by atoms with van der Waals surface area (Å²) < 4.78 is 33.8. The second kappa shape index (κ2) is 6.22. The van der Waals surface area contributed by atoms with E-state index in [2.05, 4.69) is 10.1 Å². The van der Waals surface area contributed by atoms with Crippen molar-refractivity contribution < 1.29 is 17.9 Å². The number of aryl methyl sites for hydroxylation is 1. The van der Waals surface area contributed by atoms with Crippen LogP contribution in [0.25, 0.3) is 0 Å². The molecule has 0 aliphatic rings. The number of furan rings is 1. The van der Waals surface area contributed by atoms with Crippen molar-refractivity contribution in [1.29, 1.82) is 0 Å². The smallest absolute Gasteiger partial charge is 0.387 e. The van der Waals surface area contributed by atoms with E-state index in [-0.39, 0.29) is 5.75 Å². The first kappa shape index (κ1) is 13.4. The molecule has 2 aromatic rings. The van der Waals surface area contributed by atoms with Crippen LogP contribution in [0.15, 0.2) is 40.8 Å². The molecule has 0 amide bonds. The minimum atomic E-state index is -2.80. The molecule has 1 N–H and O–H groups in total. The van der Waals surface area contributed by atoms with E-state index in [4.69, 9.17) is 4.42 Å². The van der Waals surface area contributed by atoms with Crippen LogP contribution in [0, 0.1) is 0 Å². The lowest BCUT2D eigenvalue weighted by atomic mass is 10.3. The number of rotatable bonds is 6. The van der Waals surface area contributed by atoms with Gasteiger partial charge in [-0.3, -0.25) is 0 Å². The summed E-state index contributed by atoms with van der Waals surface area (Å²) in [7, 11) is 0. The van der Waals surface area contributed by atoms with Gasteiger partial charge < -0.3 is 14.5 Å². The molecule has 0 fully saturated rings. The van der Waals surface area contributed by atoms with Crippen LogP contribution >= 0.6 is 0 Å². The van der Waals surface area contributed by atoms with Gasteiger partial charge in [0.1, 0.15) is 17.3 Å². The van der Waals surface area contributed by atoms with Crippen LogP contribution in [0.4, 0.5) is 14.5 Å². The van der Waals surface area contributed by atoms with Crippen molar-refractivity contribution in [3.63, 3.8) is 0 Å². The lowest BCUT2D eigenvalue weighted by Gasteiger charge is -2.07. The molecule has 0 aliphatic carbocycles. The standard InChI is InChI=1S/C14H15F2NO2/c1-2-11-7-8-13(18-11)9-17-10-3-5-12(6-4-10)19-14(15)16/h3-8,14,17H,2,9H2,1H3. The summed E-state index contributed by atoms with van der Waals surface area (Å²) in [4.78, 5) is 0. The third-order valence-corrected chi connectivity index (χ3v) is 2.61. The SMILES string of the molecule is CCc1ccc(CNc2ccc(OC(F)F)cc2)o1. The summed E-state index contributed by atoms with van der Waals surface area (Å²) in [6, 6.07) is 10.2. The van der Waals surface area contributed by atoms with Crippen LogP contribution in [0.2, 0.25) is 0 Å². The first-order valence-electron chi connectivity index (χ1n) is 6.03. The van der Waals surface area contributed by atoms with Crippen molar-refractivity contribution in [2.24, 2.45) is 0 Å². The Morgan fingerprint density at radius 2 is 1.79 bits per heavy atom. The van der Waals surface area contributed by atoms with Gasteiger partial charge in [-0.15, -0.1) is 0 Å². The van der Waals surface area contributed by atoms with Crippen LogP contribution < -0.4 is 10.1 Å². The molecule has 102 valence electrons. The molecule has 0 spiro atoms. The number of halogens is 2. The highest BCUT2D eigenvalue weighted by molar-refractivity contribution is 5.46. The molecule has 0 bridgehead atoms. The Morgan fingerprint density at radius 1 is 1.11 bits per heavy atom. The molecule has 3 nitrogen and oxygen atoms in total. The molecule has 0 saturated carbocycles. The fraction of sp³-hybridized carbons (Fsp3) is 0.286. The van der Waals surface area contributed by atoms with Gasteiger partial charge in [-0.1, -0.05) is 6.92 Å². The maximum absolute atomic E-state index is 12.0. The fourth-order valence-corrected chi connectivity index (χ4v) is 1.65. The summed E-state index contributed by atoms with van der Waals surface area (Å²) in [5.74, 6) is 1.93. The quantitative estimate of drug-likeness (QED) is 0.857. The first-order chi connectivity index (χ1) is 9.17. The number of ether oxygens (including phenoxy) is 1. The fourth-order valence-electron chi connectivity index (χ4n) is 1.65.